The topological polar surface area (TPSA) is 85.3 Å². The molecule has 0 radical (unpaired) electrons. The van der Waals surface area contributed by atoms with E-state index in [0.29, 0.717) is 12.4 Å². The van der Waals surface area contributed by atoms with Crippen molar-refractivity contribution >= 4 is 28.7 Å². The van der Waals surface area contributed by atoms with Gasteiger partial charge < -0.3 is 10.6 Å². The number of pyridine rings is 1. The monoisotopic (exact) mass is 264 g/mol. The van der Waals surface area contributed by atoms with E-state index >= 15 is 0 Å². The molecule has 0 aliphatic rings. The first-order valence-electron chi connectivity index (χ1n) is 5.21. The highest BCUT2D eigenvalue weighted by atomic mass is 32.1. The summed E-state index contributed by atoms with van der Waals surface area (Å²) in [6.07, 6.45) is 0. The van der Waals surface area contributed by atoms with Crippen molar-refractivity contribution in [1.82, 2.24) is 4.98 Å². The Morgan fingerprint density at radius 3 is 2.83 bits per heavy atom. The summed E-state index contributed by atoms with van der Waals surface area (Å²) in [4.78, 5) is 16.0. The first kappa shape index (κ1) is 12.3. The minimum absolute atomic E-state index is 0.0605. The van der Waals surface area contributed by atoms with Crippen LogP contribution in [0.3, 0.4) is 0 Å². The van der Waals surface area contributed by atoms with Crippen LogP contribution in [0.2, 0.25) is 0 Å². The second-order valence-corrected chi connectivity index (χ2v) is 4.60. The summed E-state index contributed by atoms with van der Waals surface area (Å²) < 4.78 is 0. The fourth-order valence-corrected chi connectivity index (χ4v) is 2.22. The predicted molar refractivity (Wildman–Crippen MR) is 71.7 cm³/mol. The van der Waals surface area contributed by atoms with E-state index in [1.54, 1.807) is 17.4 Å². The molecule has 0 aromatic carbocycles. The van der Waals surface area contributed by atoms with Crippen LogP contribution >= 0.6 is 11.3 Å². The van der Waals surface area contributed by atoms with Crippen LogP contribution in [0, 0.1) is 10.1 Å². The van der Waals surface area contributed by atoms with E-state index in [1.807, 2.05) is 28.8 Å². The highest BCUT2D eigenvalue weighted by molar-refractivity contribution is 7.07. The summed E-state index contributed by atoms with van der Waals surface area (Å²) in [5.74, 6) is 0.555. The highest BCUT2D eigenvalue weighted by Gasteiger charge is 2.14. The Hall–Kier alpha value is -2.15. The zero-order valence-corrected chi connectivity index (χ0v) is 10.6. The quantitative estimate of drug-likeness (QED) is 0.676. The Morgan fingerprint density at radius 2 is 2.28 bits per heavy atom. The van der Waals surface area contributed by atoms with Gasteiger partial charge in [-0.05, 0) is 28.5 Å². The number of nitro groups is 1. The van der Waals surface area contributed by atoms with Crippen LogP contribution in [-0.2, 0) is 6.54 Å². The lowest BCUT2D eigenvalue weighted by atomic mass is 10.3. The number of rotatable bonds is 4. The Kier molecular flexibility index (Phi) is 3.42. The van der Waals surface area contributed by atoms with Crippen molar-refractivity contribution in [2.24, 2.45) is 0 Å². The van der Waals surface area contributed by atoms with Crippen molar-refractivity contribution < 1.29 is 4.92 Å². The summed E-state index contributed by atoms with van der Waals surface area (Å²) in [7, 11) is 1.87. The van der Waals surface area contributed by atoms with Gasteiger partial charge in [0.25, 0.3) is 0 Å². The zero-order valence-electron chi connectivity index (χ0n) is 9.74. The molecule has 2 aromatic rings. The molecule has 18 heavy (non-hydrogen) atoms. The van der Waals surface area contributed by atoms with Crippen LogP contribution < -0.4 is 10.6 Å². The van der Waals surface area contributed by atoms with Crippen LogP contribution in [0.4, 0.5) is 17.3 Å². The number of thiophene rings is 1. The maximum atomic E-state index is 10.6. The molecule has 0 aliphatic carbocycles. The summed E-state index contributed by atoms with van der Waals surface area (Å²) in [5.41, 5.74) is 6.56. The fourth-order valence-electron chi connectivity index (χ4n) is 1.56. The highest BCUT2D eigenvalue weighted by Crippen LogP contribution is 2.23. The Morgan fingerprint density at radius 1 is 1.50 bits per heavy atom. The third kappa shape index (κ3) is 2.57. The molecule has 94 valence electrons. The summed E-state index contributed by atoms with van der Waals surface area (Å²) in [6, 6.07) is 5.00. The van der Waals surface area contributed by atoms with Gasteiger partial charge in [0.15, 0.2) is 0 Å². The Bertz CT molecular complexity index is 556. The van der Waals surface area contributed by atoms with E-state index in [2.05, 4.69) is 4.98 Å². The minimum atomic E-state index is -0.537. The molecule has 2 N–H and O–H groups in total. The smallest absolute Gasteiger partial charge is 0.311 e. The third-order valence-electron chi connectivity index (χ3n) is 2.48. The van der Waals surface area contributed by atoms with Gasteiger partial charge in [0.2, 0.25) is 5.82 Å². The van der Waals surface area contributed by atoms with Crippen molar-refractivity contribution in [3.8, 4) is 0 Å². The van der Waals surface area contributed by atoms with Crippen LogP contribution in [-0.4, -0.2) is 17.0 Å². The Labute approximate surface area is 108 Å². The number of aromatic nitrogens is 1. The van der Waals surface area contributed by atoms with Crippen LogP contribution in [0.5, 0.6) is 0 Å². The molecule has 2 heterocycles. The fraction of sp³-hybridized carbons (Fsp3) is 0.182. The van der Waals surface area contributed by atoms with Gasteiger partial charge in [-0.15, -0.1) is 0 Å². The molecule has 0 fully saturated rings. The van der Waals surface area contributed by atoms with Crippen molar-refractivity contribution in [3.05, 3.63) is 44.6 Å². The summed E-state index contributed by atoms with van der Waals surface area (Å²) in [5, 5.41) is 14.7. The van der Waals surface area contributed by atoms with E-state index in [4.69, 9.17) is 5.73 Å². The van der Waals surface area contributed by atoms with Crippen LogP contribution in [0.15, 0.2) is 29.0 Å². The molecular weight excluding hydrogens is 252 g/mol. The number of anilines is 2. The predicted octanol–water partition coefficient (Wildman–Crippen LogP) is 2.27. The maximum Gasteiger partial charge on any atom is 0.311 e. The molecule has 2 aromatic heterocycles. The molecule has 0 saturated heterocycles. The van der Waals surface area contributed by atoms with Gasteiger partial charge >= 0.3 is 5.69 Å². The standard InChI is InChI=1S/C11H12N4O2S/c1-14(6-8-4-5-18-7-8)10-3-2-9(15(16)17)11(12)13-10/h2-5,7H,6H2,1H3,(H2,12,13). The maximum absolute atomic E-state index is 10.6. The lowest BCUT2D eigenvalue weighted by Crippen LogP contribution is -2.17. The van der Waals surface area contributed by atoms with E-state index in [0.717, 1.165) is 0 Å². The van der Waals surface area contributed by atoms with Crippen LogP contribution in [0.1, 0.15) is 5.56 Å². The van der Waals surface area contributed by atoms with Crippen molar-refractivity contribution in [2.75, 3.05) is 17.7 Å². The Balaban J connectivity index is 2.18. The van der Waals surface area contributed by atoms with Crippen LogP contribution in [0.25, 0.3) is 0 Å². The van der Waals surface area contributed by atoms with Crippen molar-refractivity contribution in [3.63, 3.8) is 0 Å². The zero-order chi connectivity index (χ0) is 13.1. The first-order valence-corrected chi connectivity index (χ1v) is 6.15. The van der Waals surface area contributed by atoms with E-state index < -0.39 is 4.92 Å². The molecule has 0 atom stereocenters. The molecule has 2 rings (SSSR count). The lowest BCUT2D eigenvalue weighted by Gasteiger charge is -2.17. The van der Waals surface area contributed by atoms with Gasteiger partial charge in [-0.3, -0.25) is 10.1 Å². The molecule has 0 aliphatic heterocycles. The second kappa shape index (κ2) is 5.01. The number of nitrogens with zero attached hydrogens (tertiary/aromatic N) is 3. The van der Waals surface area contributed by atoms with Gasteiger partial charge in [-0.25, -0.2) is 4.98 Å². The number of nitrogen functional groups attached to an aromatic ring is 1. The normalized spacial score (nSPS) is 10.3. The number of hydrogen-bond acceptors (Lipinski definition) is 6. The summed E-state index contributed by atoms with van der Waals surface area (Å²) >= 11 is 1.63. The molecule has 6 nitrogen and oxygen atoms in total. The van der Waals surface area contributed by atoms with Crippen molar-refractivity contribution in [1.29, 1.82) is 0 Å². The molecule has 0 spiro atoms. The largest absolute Gasteiger partial charge is 0.378 e. The van der Waals surface area contributed by atoms with Gasteiger partial charge in [0.1, 0.15) is 5.82 Å². The lowest BCUT2D eigenvalue weighted by molar-refractivity contribution is -0.384. The first-order chi connectivity index (χ1) is 8.58. The van der Waals surface area contributed by atoms with Gasteiger partial charge in [-0.2, -0.15) is 11.3 Å². The number of hydrogen-bond donors (Lipinski definition) is 1. The molecule has 7 heteroatoms. The third-order valence-corrected chi connectivity index (χ3v) is 3.21. The van der Waals surface area contributed by atoms with E-state index in [1.165, 1.54) is 11.6 Å². The number of nitrogens with two attached hydrogens (primary N) is 1. The van der Waals surface area contributed by atoms with Gasteiger partial charge in [0.05, 0.1) is 4.92 Å². The second-order valence-electron chi connectivity index (χ2n) is 3.82. The molecule has 0 bridgehead atoms. The average Bonchev–Trinajstić information content (AvgIpc) is 2.81. The molecule has 0 amide bonds. The summed E-state index contributed by atoms with van der Waals surface area (Å²) in [6.45, 7) is 0.688. The minimum Gasteiger partial charge on any atom is -0.378 e. The molecule has 0 unspecified atom stereocenters. The van der Waals surface area contributed by atoms with Gasteiger partial charge in [-0.1, -0.05) is 0 Å². The van der Waals surface area contributed by atoms with E-state index in [-0.39, 0.29) is 11.5 Å². The molecule has 0 saturated carbocycles. The average molecular weight is 264 g/mol. The van der Waals surface area contributed by atoms with Crippen molar-refractivity contribution in [2.45, 2.75) is 6.54 Å². The molecular formula is C11H12N4O2S. The van der Waals surface area contributed by atoms with Gasteiger partial charge in [0, 0.05) is 19.7 Å². The van der Waals surface area contributed by atoms with E-state index in [9.17, 15) is 10.1 Å². The SMILES string of the molecule is CN(Cc1ccsc1)c1ccc([N+](=O)[O-])c(N)n1.